The molecule has 1 rings (SSSR count). The van der Waals surface area contributed by atoms with Crippen molar-refractivity contribution in [3.63, 3.8) is 0 Å². The van der Waals surface area contributed by atoms with E-state index in [0.29, 0.717) is 5.92 Å². The maximum absolute atomic E-state index is 7.18. The van der Waals surface area contributed by atoms with Gasteiger partial charge < -0.3 is 10.6 Å². The van der Waals surface area contributed by atoms with Crippen LogP contribution in [0.4, 0.5) is 0 Å². The largest absolute Gasteiger partial charge is 0.370 e. The summed E-state index contributed by atoms with van der Waals surface area (Å²) in [4.78, 5) is 1.94. The maximum Gasteiger partial charge on any atom is 0.188 e. The third-order valence-corrected chi connectivity index (χ3v) is 2.00. The summed E-state index contributed by atoms with van der Waals surface area (Å²) >= 11 is 0. The van der Waals surface area contributed by atoms with Crippen LogP contribution in [0.5, 0.6) is 0 Å². The number of hydrogen-bond acceptors (Lipinski definition) is 1. The molecule has 3 heteroatoms. The van der Waals surface area contributed by atoms with E-state index in [1.807, 2.05) is 4.90 Å². The molecule has 0 radical (unpaired) electrons. The van der Waals surface area contributed by atoms with Gasteiger partial charge in [0.2, 0.25) is 0 Å². The smallest absolute Gasteiger partial charge is 0.188 e. The average molecular weight is 141 g/mol. The van der Waals surface area contributed by atoms with Crippen molar-refractivity contribution in [2.45, 2.75) is 19.8 Å². The number of nitrogens with two attached hydrogens (primary N) is 1. The molecule has 0 spiro atoms. The van der Waals surface area contributed by atoms with Gasteiger partial charge in [0.25, 0.3) is 0 Å². The summed E-state index contributed by atoms with van der Waals surface area (Å²) in [6, 6.07) is 0. The Labute approximate surface area is 61.7 Å². The highest BCUT2D eigenvalue weighted by atomic mass is 15.2. The topological polar surface area (TPSA) is 53.1 Å². The first-order chi connectivity index (χ1) is 4.70. The van der Waals surface area contributed by atoms with Crippen LogP contribution in [0.3, 0.4) is 0 Å². The van der Waals surface area contributed by atoms with Crippen LogP contribution in [0, 0.1) is 11.3 Å². The van der Waals surface area contributed by atoms with Gasteiger partial charge in [-0.1, -0.05) is 6.92 Å². The Morgan fingerprint density at radius 2 is 2.40 bits per heavy atom. The Morgan fingerprint density at radius 3 is 2.80 bits per heavy atom. The minimum absolute atomic E-state index is 0.228. The van der Waals surface area contributed by atoms with Crippen molar-refractivity contribution in [1.29, 1.82) is 5.41 Å². The van der Waals surface area contributed by atoms with Crippen LogP contribution in [-0.4, -0.2) is 23.9 Å². The maximum atomic E-state index is 7.18. The first-order valence-electron chi connectivity index (χ1n) is 3.79. The molecule has 0 aromatic rings. The zero-order chi connectivity index (χ0) is 7.56. The lowest BCUT2D eigenvalue weighted by molar-refractivity contribution is 0.269. The average Bonchev–Trinajstić information content (AvgIpc) is 1.88. The molecule has 0 aromatic carbocycles. The van der Waals surface area contributed by atoms with Gasteiger partial charge >= 0.3 is 0 Å². The minimum atomic E-state index is 0.228. The van der Waals surface area contributed by atoms with Crippen LogP contribution >= 0.6 is 0 Å². The lowest BCUT2D eigenvalue weighted by Gasteiger charge is -2.30. The third kappa shape index (κ3) is 1.62. The Hall–Kier alpha value is -0.730. The second kappa shape index (κ2) is 2.90. The summed E-state index contributed by atoms with van der Waals surface area (Å²) in [7, 11) is 0. The number of rotatable bonds is 0. The number of guanidine groups is 1. The van der Waals surface area contributed by atoms with Gasteiger partial charge in [0.1, 0.15) is 0 Å². The van der Waals surface area contributed by atoms with Gasteiger partial charge in [0.05, 0.1) is 0 Å². The monoisotopic (exact) mass is 141 g/mol. The quantitative estimate of drug-likeness (QED) is 0.383. The minimum Gasteiger partial charge on any atom is -0.370 e. The molecule has 1 heterocycles. The lowest BCUT2D eigenvalue weighted by atomic mass is 10.0. The van der Waals surface area contributed by atoms with E-state index in [0.717, 1.165) is 13.1 Å². The molecule has 10 heavy (non-hydrogen) atoms. The molecule has 0 unspecified atom stereocenters. The number of likely N-dealkylation sites (tertiary alicyclic amines) is 1. The molecule has 0 saturated carbocycles. The fourth-order valence-corrected chi connectivity index (χ4v) is 1.41. The second-order valence-corrected chi connectivity index (χ2v) is 3.08. The Morgan fingerprint density at radius 1 is 1.70 bits per heavy atom. The number of hydrogen-bond donors (Lipinski definition) is 2. The molecule has 58 valence electrons. The van der Waals surface area contributed by atoms with Crippen molar-refractivity contribution >= 4 is 5.96 Å². The third-order valence-electron chi connectivity index (χ3n) is 2.00. The van der Waals surface area contributed by atoms with Crippen molar-refractivity contribution in [2.24, 2.45) is 11.7 Å². The van der Waals surface area contributed by atoms with E-state index in [9.17, 15) is 0 Å². The van der Waals surface area contributed by atoms with Crippen molar-refractivity contribution in [3.05, 3.63) is 0 Å². The molecule has 3 nitrogen and oxygen atoms in total. The van der Waals surface area contributed by atoms with Gasteiger partial charge in [-0.25, -0.2) is 0 Å². The zero-order valence-corrected chi connectivity index (χ0v) is 6.43. The molecule has 3 N–H and O–H groups in total. The highest BCUT2D eigenvalue weighted by Gasteiger charge is 2.16. The van der Waals surface area contributed by atoms with E-state index in [4.69, 9.17) is 11.1 Å². The summed E-state index contributed by atoms with van der Waals surface area (Å²) in [6.45, 7) is 4.14. The van der Waals surface area contributed by atoms with Crippen LogP contribution < -0.4 is 5.73 Å². The van der Waals surface area contributed by atoms with Crippen molar-refractivity contribution in [1.82, 2.24) is 4.90 Å². The highest BCUT2D eigenvalue weighted by molar-refractivity contribution is 5.74. The molecule has 0 aliphatic carbocycles. The van der Waals surface area contributed by atoms with E-state index < -0.39 is 0 Å². The summed E-state index contributed by atoms with van der Waals surface area (Å²) in [5.41, 5.74) is 5.34. The predicted molar refractivity (Wildman–Crippen MR) is 41.9 cm³/mol. The molecule has 0 bridgehead atoms. The molecule has 1 atom stereocenters. The van der Waals surface area contributed by atoms with Gasteiger partial charge in [-0.15, -0.1) is 0 Å². The highest BCUT2D eigenvalue weighted by Crippen LogP contribution is 2.14. The molecule has 1 aliphatic heterocycles. The first kappa shape index (κ1) is 7.38. The molecule has 1 saturated heterocycles. The summed E-state index contributed by atoms with van der Waals surface area (Å²) in [5, 5.41) is 7.18. The van der Waals surface area contributed by atoms with E-state index >= 15 is 0 Å². The second-order valence-electron chi connectivity index (χ2n) is 3.08. The van der Waals surface area contributed by atoms with Crippen molar-refractivity contribution < 1.29 is 0 Å². The van der Waals surface area contributed by atoms with Crippen LogP contribution in [0.1, 0.15) is 19.8 Å². The van der Waals surface area contributed by atoms with Gasteiger partial charge in [-0.3, -0.25) is 5.41 Å². The van der Waals surface area contributed by atoms with E-state index in [2.05, 4.69) is 6.92 Å². The predicted octanol–water partition coefficient (Wildman–Crippen LogP) is 0.612. The fourth-order valence-electron chi connectivity index (χ4n) is 1.41. The van der Waals surface area contributed by atoms with Gasteiger partial charge in [-0.05, 0) is 18.8 Å². The summed E-state index contributed by atoms with van der Waals surface area (Å²) in [6.07, 6.45) is 2.46. The van der Waals surface area contributed by atoms with Gasteiger partial charge in [0, 0.05) is 13.1 Å². The van der Waals surface area contributed by atoms with E-state index in [-0.39, 0.29) is 5.96 Å². The lowest BCUT2D eigenvalue weighted by Crippen LogP contribution is -2.42. The Kier molecular flexibility index (Phi) is 2.14. The van der Waals surface area contributed by atoms with Crippen molar-refractivity contribution in [3.8, 4) is 0 Å². The molecular weight excluding hydrogens is 126 g/mol. The van der Waals surface area contributed by atoms with Crippen LogP contribution in [0.15, 0.2) is 0 Å². The summed E-state index contributed by atoms with van der Waals surface area (Å²) < 4.78 is 0. The van der Waals surface area contributed by atoms with E-state index in [1.165, 1.54) is 12.8 Å². The molecule has 1 fully saturated rings. The van der Waals surface area contributed by atoms with Gasteiger partial charge in [-0.2, -0.15) is 0 Å². The Balaban J connectivity index is 2.39. The molecule has 0 aromatic heterocycles. The zero-order valence-electron chi connectivity index (χ0n) is 6.43. The number of nitrogens with one attached hydrogen (secondary N) is 1. The SMILES string of the molecule is C[C@H]1CCCN(C(=N)N)C1. The van der Waals surface area contributed by atoms with Gasteiger partial charge in [0.15, 0.2) is 5.96 Å². The van der Waals surface area contributed by atoms with E-state index in [1.54, 1.807) is 0 Å². The van der Waals surface area contributed by atoms with Crippen LogP contribution in [0.2, 0.25) is 0 Å². The molecular formula is C7H15N3. The first-order valence-corrected chi connectivity index (χ1v) is 3.79. The normalized spacial score (nSPS) is 26.5. The summed E-state index contributed by atoms with van der Waals surface area (Å²) in [5.74, 6) is 0.934. The Bertz CT molecular complexity index is 133. The van der Waals surface area contributed by atoms with Crippen LogP contribution in [0.25, 0.3) is 0 Å². The number of nitrogens with zero attached hydrogens (tertiary/aromatic N) is 1. The van der Waals surface area contributed by atoms with Crippen LogP contribution in [-0.2, 0) is 0 Å². The molecule has 1 aliphatic rings. The number of piperidine rings is 1. The fraction of sp³-hybridized carbons (Fsp3) is 0.857. The van der Waals surface area contributed by atoms with Crippen molar-refractivity contribution in [2.75, 3.05) is 13.1 Å². The standard InChI is InChI=1S/C7H15N3/c1-6-3-2-4-10(5-6)7(8)9/h6H,2-5H2,1H3,(H3,8,9)/t6-/m0/s1. The molecule has 0 amide bonds.